The number of carbonyl (C=O) groups is 1. The molecule has 144 valence electrons. The molecule has 1 amide bonds. The van der Waals surface area contributed by atoms with E-state index in [9.17, 15) is 4.79 Å². The summed E-state index contributed by atoms with van der Waals surface area (Å²) < 4.78 is 16.8. The monoisotopic (exact) mass is 370 g/mol. The Kier molecular flexibility index (Phi) is 4.81. The third-order valence-electron chi connectivity index (χ3n) is 5.58. The minimum atomic E-state index is -0.266. The van der Waals surface area contributed by atoms with Crippen molar-refractivity contribution in [2.45, 2.75) is 52.0 Å². The first kappa shape index (κ1) is 17.9. The van der Waals surface area contributed by atoms with Crippen LogP contribution in [0.1, 0.15) is 60.7 Å². The zero-order chi connectivity index (χ0) is 19.0. The van der Waals surface area contributed by atoms with Crippen LogP contribution in [-0.2, 0) is 4.79 Å². The van der Waals surface area contributed by atoms with Gasteiger partial charge in [0.25, 0.3) is 0 Å². The fourth-order valence-electron chi connectivity index (χ4n) is 4.24. The molecule has 3 heterocycles. The molecule has 1 saturated heterocycles. The highest BCUT2D eigenvalue weighted by Crippen LogP contribution is 2.39. The van der Waals surface area contributed by atoms with Gasteiger partial charge in [0.15, 0.2) is 11.5 Å². The van der Waals surface area contributed by atoms with Gasteiger partial charge in [-0.2, -0.15) is 0 Å². The Labute approximate surface area is 159 Å². The topological polar surface area (TPSA) is 64.8 Å². The molecule has 0 saturated carbocycles. The van der Waals surface area contributed by atoms with E-state index in [1.54, 1.807) is 0 Å². The molecule has 6 nitrogen and oxygen atoms in total. The van der Waals surface area contributed by atoms with Crippen molar-refractivity contribution in [2.24, 2.45) is 0 Å². The number of benzene rings is 1. The summed E-state index contributed by atoms with van der Waals surface area (Å²) in [6.07, 6.45) is 2.84. The second-order valence-electron chi connectivity index (χ2n) is 7.41. The van der Waals surface area contributed by atoms with Crippen LogP contribution in [0.15, 0.2) is 22.7 Å². The highest BCUT2D eigenvalue weighted by molar-refractivity contribution is 5.84. The van der Waals surface area contributed by atoms with Crippen molar-refractivity contribution in [3.8, 4) is 11.5 Å². The summed E-state index contributed by atoms with van der Waals surface area (Å²) >= 11 is 0. The molecule has 0 aliphatic carbocycles. The standard InChI is InChI=1S/C21H26N2O4/c1-13(20-14(2)22-27-15(20)3)21(24)23-9-4-6-17(23)16-7-8-18-19(12-16)26-11-5-10-25-18/h7-8,12-13,17H,4-6,9-11H2,1-3H3/t13-,17-/m1/s1. The first-order valence-corrected chi connectivity index (χ1v) is 9.69. The molecular formula is C21H26N2O4. The largest absolute Gasteiger partial charge is 0.490 e. The molecule has 1 fully saturated rings. The molecular weight excluding hydrogens is 344 g/mol. The summed E-state index contributed by atoms with van der Waals surface area (Å²) in [5.74, 6) is 2.15. The molecule has 0 radical (unpaired) electrons. The number of hydrogen-bond acceptors (Lipinski definition) is 5. The average Bonchev–Trinajstić information content (AvgIpc) is 3.20. The number of likely N-dealkylation sites (tertiary alicyclic amines) is 1. The Hall–Kier alpha value is -2.50. The molecule has 27 heavy (non-hydrogen) atoms. The van der Waals surface area contributed by atoms with E-state index in [2.05, 4.69) is 11.2 Å². The van der Waals surface area contributed by atoms with Gasteiger partial charge in [0, 0.05) is 18.5 Å². The quantitative estimate of drug-likeness (QED) is 0.819. The minimum absolute atomic E-state index is 0.0672. The zero-order valence-electron chi connectivity index (χ0n) is 16.2. The van der Waals surface area contributed by atoms with Gasteiger partial charge < -0.3 is 18.9 Å². The number of amides is 1. The average molecular weight is 370 g/mol. The fourth-order valence-corrected chi connectivity index (χ4v) is 4.24. The van der Waals surface area contributed by atoms with Crippen LogP contribution in [0.4, 0.5) is 0 Å². The van der Waals surface area contributed by atoms with Gasteiger partial charge in [-0.05, 0) is 51.3 Å². The van der Waals surface area contributed by atoms with Crippen molar-refractivity contribution < 1.29 is 18.8 Å². The molecule has 6 heteroatoms. The Bertz CT molecular complexity index is 825. The lowest BCUT2D eigenvalue weighted by Crippen LogP contribution is -2.34. The molecule has 1 aromatic carbocycles. The van der Waals surface area contributed by atoms with Crippen molar-refractivity contribution in [3.05, 3.63) is 40.8 Å². The number of carbonyl (C=O) groups excluding carboxylic acids is 1. The summed E-state index contributed by atoms with van der Waals surface area (Å²) in [5, 5.41) is 4.00. The Morgan fingerprint density at radius 1 is 1.19 bits per heavy atom. The van der Waals surface area contributed by atoms with Gasteiger partial charge in [-0.25, -0.2) is 0 Å². The van der Waals surface area contributed by atoms with E-state index in [0.717, 1.165) is 59.9 Å². The third-order valence-corrected chi connectivity index (χ3v) is 5.58. The summed E-state index contributed by atoms with van der Waals surface area (Å²) in [6, 6.07) is 6.13. The maximum atomic E-state index is 13.3. The van der Waals surface area contributed by atoms with Crippen LogP contribution < -0.4 is 9.47 Å². The van der Waals surface area contributed by atoms with Crippen molar-refractivity contribution >= 4 is 5.91 Å². The molecule has 0 unspecified atom stereocenters. The minimum Gasteiger partial charge on any atom is -0.490 e. The van der Waals surface area contributed by atoms with Crippen LogP contribution in [0, 0.1) is 13.8 Å². The maximum Gasteiger partial charge on any atom is 0.230 e. The van der Waals surface area contributed by atoms with Gasteiger partial charge in [-0.1, -0.05) is 11.2 Å². The molecule has 2 aliphatic heterocycles. The number of aromatic nitrogens is 1. The summed E-state index contributed by atoms with van der Waals surface area (Å²) in [4.78, 5) is 15.3. The van der Waals surface area contributed by atoms with E-state index in [4.69, 9.17) is 14.0 Å². The molecule has 2 aromatic rings. The van der Waals surface area contributed by atoms with E-state index in [-0.39, 0.29) is 17.9 Å². The van der Waals surface area contributed by atoms with E-state index in [1.807, 2.05) is 37.8 Å². The van der Waals surface area contributed by atoms with E-state index < -0.39 is 0 Å². The lowest BCUT2D eigenvalue weighted by molar-refractivity contribution is -0.133. The first-order chi connectivity index (χ1) is 13.1. The maximum absolute atomic E-state index is 13.3. The first-order valence-electron chi connectivity index (χ1n) is 9.69. The normalized spacial score (nSPS) is 20.4. The number of hydrogen-bond donors (Lipinski definition) is 0. The highest BCUT2D eigenvalue weighted by Gasteiger charge is 2.35. The highest BCUT2D eigenvalue weighted by atomic mass is 16.5. The molecule has 0 bridgehead atoms. The van der Waals surface area contributed by atoms with Gasteiger partial charge in [0.1, 0.15) is 5.76 Å². The van der Waals surface area contributed by atoms with Crippen LogP contribution in [-0.4, -0.2) is 35.7 Å². The summed E-state index contributed by atoms with van der Waals surface area (Å²) in [5.41, 5.74) is 2.81. The van der Waals surface area contributed by atoms with Crippen LogP contribution in [0.5, 0.6) is 11.5 Å². The summed E-state index contributed by atoms with van der Waals surface area (Å²) in [6.45, 7) is 7.80. The van der Waals surface area contributed by atoms with Gasteiger partial charge in [0.2, 0.25) is 5.91 Å². The Morgan fingerprint density at radius 2 is 1.96 bits per heavy atom. The lowest BCUT2D eigenvalue weighted by atomic mass is 9.96. The molecule has 0 spiro atoms. The van der Waals surface area contributed by atoms with Gasteiger partial charge in [-0.3, -0.25) is 4.79 Å². The van der Waals surface area contributed by atoms with Crippen LogP contribution in [0.3, 0.4) is 0 Å². The second-order valence-corrected chi connectivity index (χ2v) is 7.41. The number of fused-ring (bicyclic) bond motifs is 1. The smallest absolute Gasteiger partial charge is 0.230 e. The molecule has 1 aromatic heterocycles. The molecule has 2 atom stereocenters. The SMILES string of the molecule is Cc1noc(C)c1[C@@H](C)C(=O)N1CCC[C@@H]1c1ccc2c(c1)OCCCO2. The predicted molar refractivity (Wildman–Crippen MR) is 100 cm³/mol. The number of nitrogens with zero attached hydrogens (tertiary/aromatic N) is 2. The zero-order valence-corrected chi connectivity index (χ0v) is 16.2. The van der Waals surface area contributed by atoms with Crippen molar-refractivity contribution in [3.63, 3.8) is 0 Å². The predicted octanol–water partition coefficient (Wildman–Crippen LogP) is 3.92. The van der Waals surface area contributed by atoms with Crippen molar-refractivity contribution in [1.29, 1.82) is 0 Å². The number of aryl methyl sites for hydroxylation is 2. The lowest BCUT2D eigenvalue weighted by Gasteiger charge is -2.28. The Morgan fingerprint density at radius 3 is 2.70 bits per heavy atom. The van der Waals surface area contributed by atoms with Gasteiger partial charge in [-0.15, -0.1) is 0 Å². The summed E-state index contributed by atoms with van der Waals surface area (Å²) in [7, 11) is 0. The van der Waals surface area contributed by atoms with Gasteiger partial charge in [0.05, 0.1) is 30.9 Å². The van der Waals surface area contributed by atoms with Gasteiger partial charge >= 0.3 is 0 Å². The second kappa shape index (κ2) is 7.25. The Balaban J connectivity index is 1.59. The van der Waals surface area contributed by atoms with Crippen LogP contribution >= 0.6 is 0 Å². The molecule has 2 aliphatic rings. The van der Waals surface area contributed by atoms with Crippen LogP contribution in [0.25, 0.3) is 0 Å². The molecule has 4 rings (SSSR count). The van der Waals surface area contributed by atoms with E-state index in [0.29, 0.717) is 13.2 Å². The van der Waals surface area contributed by atoms with Crippen molar-refractivity contribution in [1.82, 2.24) is 10.1 Å². The fraction of sp³-hybridized carbons (Fsp3) is 0.524. The van der Waals surface area contributed by atoms with Crippen LogP contribution in [0.2, 0.25) is 0 Å². The molecule has 0 N–H and O–H groups in total. The number of rotatable bonds is 3. The van der Waals surface area contributed by atoms with Crippen molar-refractivity contribution in [2.75, 3.05) is 19.8 Å². The van der Waals surface area contributed by atoms with E-state index in [1.165, 1.54) is 0 Å². The third kappa shape index (κ3) is 3.29. The van der Waals surface area contributed by atoms with E-state index >= 15 is 0 Å². The number of ether oxygens (including phenoxy) is 2.